The summed E-state index contributed by atoms with van der Waals surface area (Å²) in [6.45, 7) is 1.96. The topological polar surface area (TPSA) is 114 Å². The Balaban J connectivity index is 1.79. The summed E-state index contributed by atoms with van der Waals surface area (Å²) in [5.74, 6) is -2.35. The number of Topliss-reactive ketones (excluding diaryl/α,β-unsaturated/α-hetero) is 1. The van der Waals surface area contributed by atoms with E-state index in [4.69, 9.17) is 9.15 Å². The van der Waals surface area contributed by atoms with Crippen molar-refractivity contribution in [1.82, 2.24) is 0 Å². The van der Waals surface area contributed by atoms with Crippen LogP contribution in [0, 0.1) is 23.2 Å². The number of ether oxygens (including phenoxy) is 1. The third-order valence-corrected chi connectivity index (χ3v) is 6.81. The molecule has 140 valence electrons. The predicted molar refractivity (Wildman–Crippen MR) is 87.8 cm³/mol. The predicted octanol–water partition coefficient (Wildman–Crippen LogP) is 2.56. The molecule has 0 spiro atoms. The minimum atomic E-state index is -0.924. The maximum Gasteiger partial charge on any atom is 0.306 e. The second kappa shape index (κ2) is 5.94. The molecule has 2 N–H and O–H groups in total. The lowest BCUT2D eigenvalue weighted by molar-refractivity contribution is -0.148. The summed E-state index contributed by atoms with van der Waals surface area (Å²) in [5.41, 5.74) is -0.0343. The van der Waals surface area contributed by atoms with Crippen LogP contribution in [0.4, 0.5) is 0 Å². The molecule has 1 aliphatic heterocycles. The maximum atomic E-state index is 12.6. The van der Waals surface area contributed by atoms with Crippen LogP contribution in [0.1, 0.15) is 54.6 Å². The van der Waals surface area contributed by atoms with Crippen LogP contribution in [-0.4, -0.2) is 40.6 Å². The summed E-state index contributed by atoms with van der Waals surface area (Å²) >= 11 is 0. The molecule has 6 atom stereocenters. The quantitative estimate of drug-likeness (QED) is 0.827. The van der Waals surface area contributed by atoms with Gasteiger partial charge in [0.05, 0.1) is 30.5 Å². The number of hydrogen-bond acceptors (Lipinski definition) is 5. The molecule has 1 aromatic heterocycles. The third kappa shape index (κ3) is 2.33. The Kier molecular flexibility index (Phi) is 3.95. The van der Waals surface area contributed by atoms with Gasteiger partial charge in [0.1, 0.15) is 5.76 Å². The van der Waals surface area contributed by atoms with Crippen molar-refractivity contribution in [3.63, 3.8) is 0 Å². The zero-order chi connectivity index (χ0) is 18.6. The number of carboxylic acid groups (broad SMARTS) is 2. The Bertz CT molecular complexity index is 766. The lowest BCUT2D eigenvalue weighted by Gasteiger charge is -2.51. The summed E-state index contributed by atoms with van der Waals surface area (Å²) in [4.78, 5) is 35.6. The van der Waals surface area contributed by atoms with Gasteiger partial charge in [-0.25, -0.2) is 0 Å². The zero-order valence-electron chi connectivity index (χ0n) is 14.5. The van der Waals surface area contributed by atoms with Gasteiger partial charge >= 0.3 is 11.9 Å². The van der Waals surface area contributed by atoms with E-state index < -0.39 is 23.3 Å². The van der Waals surface area contributed by atoms with Crippen molar-refractivity contribution in [1.29, 1.82) is 0 Å². The number of fused-ring (bicyclic) bond motifs is 6. The molecular weight excluding hydrogens is 340 g/mol. The molecule has 2 bridgehead atoms. The number of carbonyl (C=O) groups is 3. The lowest BCUT2D eigenvalue weighted by Crippen LogP contribution is -2.52. The molecule has 1 aromatic rings. The van der Waals surface area contributed by atoms with E-state index in [-0.39, 0.29) is 42.5 Å². The molecule has 2 heterocycles. The standard InChI is InChI=1S/C19H22O7/c1-9(18(23)24)16-14-6-11-12(7-13(20)10-3-5-25-17(10)11)19(16,8-26-14)4-2-15(21)22/h3,5,9,11-12,14,16H,2,4,6-8H2,1H3,(H,21,22)(H,23,24)/t9-,11-,12-,14-,16-,19+/m1/s1. The van der Waals surface area contributed by atoms with E-state index >= 15 is 0 Å². The number of ketones is 1. The fourth-order valence-electron chi connectivity index (χ4n) is 5.74. The summed E-state index contributed by atoms with van der Waals surface area (Å²) in [7, 11) is 0. The molecule has 0 unspecified atom stereocenters. The Morgan fingerprint density at radius 1 is 1.38 bits per heavy atom. The lowest BCUT2D eigenvalue weighted by atomic mass is 9.50. The van der Waals surface area contributed by atoms with Crippen LogP contribution in [0.5, 0.6) is 0 Å². The van der Waals surface area contributed by atoms with Gasteiger partial charge in [-0.3, -0.25) is 14.4 Å². The Morgan fingerprint density at radius 3 is 2.85 bits per heavy atom. The van der Waals surface area contributed by atoms with Gasteiger partial charge < -0.3 is 19.4 Å². The van der Waals surface area contributed by atoms with Crippen LogP contribution >= 0.6 is 0 Å². The van der Waals surface area contributed by atoms with Crippen LogP contribution in [0.15, 0.2) is 16.7 Å². The molecule has 7 heteroatoms. The second-order valence-electron chi connectivity index (χ2n) is 7.90. The molecule has 0 amide bonds. The highest BCUT2D eigenvalue weighted by molar-refractivity contribution is 5.98. The first-order chi connectivity index (χ1) is 12.3. The summed E-state index contributed by atoms with van der Waals surface area (Å²) in [6.07, 6.45) is 2.39. The Hall–Kier alpha value is -2.15. The van der Waals surface area contributed by atoms with E-state index in [1.807, 2.05) is 0 Å². The van der Waals surface area contributed by atoms with Crippen molar-refractivity contribution in [3.05, 3.63) is 23.7 Å². The Labute approximate surface area is 150 Å². The van der Waals surface area contributed by atoms with Crippen molar-refractivity contribution < 1.29 is 33.8 Å². The average Bonchev–Trinajstić information content (AvgIpc) is 3.18. The van der Waals surface area contributed by atoms with E-state index in [1.165, 1.54) is 6.26 Å². The number of hydrogen-bond donors (Lipinski definition) is 2. The van der Waals surface area contributed by atoms with E-state index in [0.717, 1.165) is 0 Å². The molecule has 0 aromatic carbocycles. The number of carboxylic acids is 2. The van der Waals surface area contributed by atoms with Gasteiger partial charge in [-0.15, -0.1) is 0 Å². The summed E-state index contributed by atoms with van der Waals surface area (Å²) in [6, 6.07) is 1.69. The fourth-order valence-corrected chi connectivity index (χ4v) is 5.74. The van der Waals surface area contributed by atoms with Crippen molar-refractivity contribution >= 4 is 17.7 Å². The SMILES string of the molecule is C[C@@H](C(=O)O)[C@@H]1[C@H]2C[C@H]3c4occc4C(=O)C[C@H]3[C@]1(CCC(=O)O)CO2. The highest BCUT2D eigenvalue weighted by atomic mass is 16.5. The normalized spacial score (nSPS) is 36.3. The number of rotatable bonds is 5. The van der Waals surface area contributed by atoms with E-state index in [0.29, 0.717) is 30.8 Å². The molecule has 2 aliphatic carbocycles. The first-order valence-electron chi connectivity index (χ1n) is 9.02. The second-order valence-corrected chi connectivity index (χ2v) is 7.90. The van der Waals surface area contributed by atoms with Crippen LogP contribution in [-0.2, 0) is 14.3 Å². The van der Waals surface area contributed by atoms with Crippen LogP contribution in [0.3, 0.4) is 0 Å². The highest BCUT2D eigenvalue weighted by Crippen LogP contribution is 2.63. The zero-order valence-corrected chi connectivity index (χ0v) is 14.5. The van der Waals surface area contributed by atoms with Crippen molar-refractivity contribution in [2.24, 2.45) is 23.2 Å². The molecule has 0 radical (unpaired) electrons. The smallest absolute Gasteiger partial charge is 0.306 e. The first-order valence-corrected chi connectivity index (χ1v) is 9.02. The minimum absolute atomic E-state index is 0.0169. The molecule has 4 rings (SSSR count). The van der Waals surface area contributed by atoms with E-state index in [1.54, 1.807) is 13.0 Å². The first kappa shape index (κ1) is 17.3. The summed E-state index contributed by atoms with van der Waals surface area (Å²) in [5, 5.41) is 18.8. The number of furan rings is 1. The summed E-state index contributed by atoms with van der Waals surface area (Å²) < 4.78 is 11.6. The van der Waals surface area contributed by atoms with Gasteiger partial charge in [0.25, 0.3) is 0 Å². The maximum absolute atomic E-state index is 12.6. The molecule has 7 nitrogen and oxygen atoms in total. The van der Waals surface area contributed by atoms with Gasteiger partial charge in [-0.05, 0) is 24.8 Å². The molecule has 26 heavy (non-hydrogen) atoms. The average molecular weight is 362 g/mol. The largest absolute Gasteiger partial charge is 0.481 e. The third-order valence-electron chi connectivity index (χ3n) is 6.81. The molecular formula is C19H22O7. The van der Waals surface area contributed by atoms with E-state index in [2.05, 4.69) is 0 Å². The van der Waals surface area contributed by atoms with Crippen molar-refractivity contribution in [2.75, 3.05) is 6.61 Å². The molecule has 3 aliphatic rings. The molecule has 2 fully saturated rings. The van der Waals surface area contributed by atoms with Crippen molar-refractivity contribution in [2.45, 2.75) is 44.6 Å². The molecule has 1 saturated heterocycles. The van der Waals surface area contributed by atoms with Crippen LogP contribution in [0.25, 0.3) is 0 Å². The van der Waals surface area contributed by atoms with Crippen molar-refractivity contribution in [3.8, 4) is 0 Å². The van der Waals surface area contributed by atoms with Gasteiger partial charge in [0, 0.05) is 30.1 Å². The number of aliphatic carboxylic acids is 2. The molecule has 1 saturated carbocycles. The van der Waals surface area contributed by atoms with Gasteiger partial charge in [0.2, 0.25) is 0 Å². The number of carbonyl (C=O) groups excluding carboxylic acids is 1. The highest BCUT2D eigenvalue weighted by Gasteiger charge is 2.64. The monoisotopic (exact) mass is 362 g/mol. The minimum Gasteiger partial charge on any atom is -0.481 e. The van der Waals surface area contributed by atoms with Crippen LogP contribution in [0.2, 0.25) is 0 Å². The van der Waals surface area contributed by atoms with Gasteiger partial charge in [0.15, 0.2) is 5.78 Å². The van der Waals surface area contributed by atoms with E-state index in [9.17, 15) is 24.6 Å². The van der Waals surface area contributed by atoms with Gasteiger partial charge in [-0.2, -0.15) is 0 Å². The van der Waals surface area contributed by atoms with Crippen LogP contribution < -0.4 is 0 Å². The fraction of sp³-hybridized carbons (Fsp3) is 0.632. The Morgan fingerprint density at radius 2 is 2.15 bits per heavy atom. The van der Waals surface area contributed by atoms with Gasteiger partial charge in [-0.1, -0.05) is 6.92 Å².